The van der Waals surface area contributed by atoms with E-state index in [0.29, 0.717) is 14.8 Å². The van der Waals surface area contributed by atoms with E-state index in [4.69, 9.17) is 17.0 Å². The van der Waals surface area contributed by atoms with Crippen molar-refractivity contribution in [1.29, 1.82) is 0 Å². The van der Waals surface area contributed by atoms with E-state index in [9.17, 15) is 20.0 Å². The van der Waals surface area contributed by atoms with Crippen LogP contribution in [0.1, 0.15) is 12.5 Å². The van der Waals surface area contributed by atoms with Gasteiger partial charge >= 0.3 is 5.69 Å². The number of likely N-dealkylation sites (N-methyl/N-ethyl adjacent to an activating group) is 1. The zero-order valence-electron chi connectivity index (χ0n) is 11.7. The molecule has 0 unspecified atom stereocenters. The highest BCUT2D eigenvalue weighted by Gasteiger charge is 2.29. The third-order valence-corrected chi connectivity index (χ3v) is 4.34. The molecule has 22 heavy (non-hydrogen) atoms. The second-order valence-electron chi connectivity index (χ2n) is 4.32. The summed E-state index contributed by atoms with van der Waals surface area (Å²) in [7, 11) is 1.56. The highest BCUT2D eigenvalue weighted by molar-refractivity contribution is 8.26. The van der Waals surface area contributed by atoms with E-state index in [1.54, 1.807) is 14.0 Å². The number of phenolic OH excluding ortho intramolecular Hbond substituents is 1. The van der Waals surface area contributed by atoms with Gasteiger partial charge in [0.25, 0.3) is 5.91 Å². The van der Waals surface area contributed by atoms with Crippen LogP contribution in [-0.4, -0.2) is 38.8 Å². The Hall–Kier alpha value is -2.13. The molecule has 1 fully saturated rings. The van der Waals surface area contributed by atoms with Crippen LogP contribution in [0.3, 0.4) is 0 Å². The number of ether oxygens (including phenoxy) is 1. The van der Waals surface area contributed by atoms with Crippen LogP contribution in [0.2, 0.25) is 0 Å². The van der Waals surface area contributed by atoms with Crippen molar-refractivity contribution in [3.63, 3.8) is 0 Å². The van der Waals surface area contributed by atoms with Crippen LogP contribution in [0, 0.1) is 10.1 Å². The maximum atomic E-state index is 12.0. The number of carbonyl (C=O) groups is 1. The van der Waals surface area contributed by atoms with Gasteiger partial charge in [-0.05, 0) is 24.6 Å². The summed E-state index contributed by atoms with van der Waals surface area (Å²) in [4.78, 5) is 23.9. The monoisotopic (exact) mass is 340 g/mol. The number of nitro groups is 1. The van der Waals surface area contributed by atoms with Crippen molar-refractivity contribution in [1.82, 2.24) is 4.90 Å². The molecule has 1 N–H and O–H groups in total. The molecule has 1 aromatic rings. The van der Waals surface area contributed by atoms with Crippen LogP contribution < -0.4 is 4.74 Å². The molecule has 7 nitrogen and oxygen atoms in total. The highest BCUT2D eigenvalue weighted by Crippen LogP contribution is 2.39. The number of thiocarbonyl (C=S) groups is 1. The first-order valence-electron chi connectivity index (χ1n) is 6.21. The van der Waals surface area contributed by atoms with Gasteiger partial charge in [0.05, 0.1) is 16.4 Å². The van der Waals surface area contributed by atoms with Crippen molar-refractivity contribution >= 4 is 46.0 Å². The third kappa shape index (κ3) is 3.04. The van der Waals surface area contributed by atoms with Crippen molar-refractivity contribution in [2.75, 3.05) is 13.7 Å². The summed E-state index contributed by atoms with van der Waals surface area (Å²) in [6.45, 7) is 1.94. The Balaban J connectivity index is 2.50. The zero-order chi connectivity index (χ0) is 16.4. The first-order valence-corrected chi connectivity index (χ1v) is 7.43. The lowest BCUT2D eigenvalue weighted by Gasteiger charge is -2.07. The molecule has 1 aromatic carbocycles. The molecule has 2 rings (SSSR count). The molecule has 0 aliphatic carbocycles. The summed E-state index contributed by atoms with van der Waals surface area (Å²) >= 11 is 6.13. The second-order valence-corrected chi connectivity index (χ2v) is 5.99. The summed E-state index contributed by atoms with van der Waals surface area (Å²) < 4.78 is 5.60. The number of hydrogen-bond donors (Lipinski definition) is 1. The number of rotatable bonds is 4. The first kappa shape index (κ1) is 16.2. The van der Waals surface area contributed by atoms with Gasteiger partial charge in [0.1, 0.15) is 4.32 Å². The Bertz CT molecular complexity index is 702. The number of nitro benzene ring substituents is 1. The minimum atomic E-state index is -0.708. The molecule has 1 heterocycles. The number of benzene rings is 1. The smallest absolute Gasteiger partial charge is 0.315 e. The second kappa shape index (κ2) is 6.32. The standard InChI is InChI=1S/C13H12N2O5S2/c1-3-20-9-5-7(4-8(11(9)16)15(18)19)6-10-12(17)14(2)13(21)22-10/h4-6,16H,3H2,1-2H3. The van der Waals surface area contributed by atoms with Crippen molar-refractivity contribution in [3.8, 4) is 11.5 Å². The van der Waals surface area contributed by atoms with Gasteiger partial charge in [0.15, 0.2) is 5.75 Å². The number of phenols is 1. The molecule has 0 saturated carbocycles. The van der Waals surface area contributed by atoms with E-state index < -0.39 is 16.4 Å². The predicted octanol–water partition coefficient (Wildman–Crippen LogP) is 2.53. The molecule has 116 valence electrons. The number of amides is 1. The minimum Gasteiger partial charge on any atom is -0.500 e. The summed E-state index contributed by atoms with van der Waals surface area (Å²) in [6, 6.07) is 2.62. The molecular formula is C13H12N2O5S2. The Kier molecular flexibility index (Phi) is 4.67. The maximum absolute atomic E-state index is 12.0. The number of nitrogens with zero attached hydrogens (tertiary/aromatic N) is 2. The van der Waals surface area contributed by atoms with Gasteiger partial charge in [-0.15, -0.1) is 0 Å². The Morgan fingerprint density at radius 2 is 2.23 bits per heavy atom. The average Bonchev–Trinajstić information content (AvgIpc) is 2.69. The van der Waals surface area contributed by atoms with Crippen LogP contribution in [0.5, 0.6) is 11.5 Å². The van der Waals surface area contributed by atoms with Gasteiger partial charge in [-0.2, -0.15) is 0 Å². The van der Waals surface area contributed by atoms with Gasteiger partial charge in [-0.25, -0.2) is 0 Å². The normalized spacial score (nSPS) is 16.5. The van der Waals surface area contributed by atoms with E-state index >= 15 is 0 Å². The van der Waals surface area contributed by atoms with Crippen LogP contribution >= 0.6 is 24.0 Å². The molecule has 0 spiro atoms. The van der Waals surface area contributed by atoms with Crippen LogP contribution in [0.25, 0.3) is 6.08 Å². The third-order valence-electron chi connectivity index (χ3n) is 2.86. The fourth-order valence-corrected chi connectivity index (χ4v) is 2.98. The molecule has 1 saturated heterocycles. The Labute approximate surface area is 135 Å². The van der Waals surface area contributed by atoms with Gasteiger partial charge < -0.3 is 9.84 Å². The van der Waals surface area contributed by atoms with Gasteiger partial charge in [0.2, 0.25) is 5.75 Å². The molecule has 9 heteroatoms. The Morgan fingerprint density at radius 1 is 1.55 bits per heavy atom. The quantitative estimate of drug-likeness (QED) is 0.389. The van der Waals surface area contributed by atoms with Crippen molar-refractivity contribution in [3.05, 3.63) is 32.7 Å². The maximum Gasteiger partial charge on any atom is 0.315 e. The lowest BCUT2D eigenvalue weighted by atomic mass is 10.1. The molecule has 1 amide bonds. The molecule has 0 aromatic heterocycles. The fourth-order valence-electron chi connectivity index (χ4n) is 1.80. The SMILES string of the molecule is CCOc1cc(C=C2SC(=S)N(C)C2=O)cc([N+](=O)[O-])c1O. The number of aromatic hydroxyl groups is 1. The fraction of sp³-hybridized carbons (Fsp3) is 0.231. The molecule has 1 aliphatic rings. The highest BCUT2D eigenvalue weighted by atomic mass is 32.2. The number of carbonyl (C=O) groups excluding carboxylic acids is 1. The van der Waals surface area contributed by atoms with E-state index in [0.717, 1.165) is 11.8 Å². The summed E-state index contributed by atoms with van der Waals surface area (Å²) in [5, 5.41) is 20.8. The van der Waals surface area contributed by atoms with E-state index in [-0.39, 0.29) is 18.3 Å². The van der Waals surface area contributed by atoms with Gasteiger partial charge in [0, 0.05) is 13.1 Å². The molecule has 1 aliphatic heterocycles. The van der Waals surface area contributed by atoms with E-state index in [1.807, 2.05) is 0 Å². The van der Waals surface area contributed by atoms with E-state index in [1.165, 1.54) is 23.1 Å². The minimum absolute atomic E-state index is 0.00470. The van der Waals surface area contributed by atoms with E-state index in [2.05, 4.69) is 0 Å². The average molecular weight is 340 g/mol. The first-order chi connectivity index (χ1) is 10.3. The topological polar surface area (TPSA) is 92.9 Å². The number of thioether (sulfide) groups is 1. The predicted molar refractivity (Wildman–Crippen MR) is 86.9 cm³/mol. The number of hydrogen-bond acceptors (Lipinski definition) is 7. The van der Waals surface area contributed by atoms with Gasteiger partial charge in [-0.1, -0.05) is 24.0 Å². The summed E-state index contributed by atoms with van der Waals surface area (Å²) in [5.74, 6) is -0.814. The molecule has 0 radical (unpaired) electrons. The Morgan fingerprint density at radius 3 is 2.73 bits per heavy atom. The van der Waals surface area contributed by atoms with Crippen LogP contribution in [-0.2, 0) is 4.79 Å². The molecule has 0 bridgehead atoms. The van der Waals surface area contributed by atoms with Gasteiger partial charge in [-0.3, -0.25) is 19.8 Å². The van der Waals surface area contributed by atoms with Crippen molar-refractivity contribution in [2.45, 2.75) is 6.92 Å². The summed E-state index contributed by atoms with van der Waals surface area (Å²) in [5.41, 5.74) is -0.105. The molecular weight excluding hydrogens is 328 g/mol. The summed E-state index contributed by atoms with van der Waals surface area (Å²) in [6.07, 6.45) is 1.48. The lowest BCUT2D eigenvalue weighted by molar-refractivity contribution is -0.386. The van der Waals surface area contributed by atoms with Crippen molar-refractivity contribution in [2.24, 2.45) is 0 Å². The molecule has 0 atom stereocenters. The zero-order valence-corrected chi connectivity index (χ0v) is 13.4. The van der Waals surface area contributed by atoms with Crippen LogP contribution in [0.15, 0.2) is 17.0 Å². The lowest BCUT2D eigenvalue weighted by Crippen LogP contribution is -2.22. The van der Waals surface area contributed by atoms with Crippen molar-refractivity contribution < 1.29 is 19.6 Å². The largest absolute Gasteiger partial charge is 0.500 e. The van der Waals surface area contributed by atoms with Crippen LogP contribution in [0.4, 0.5) is 5.69 Å².